The Kier molecular flexibility index (Phi) is 4.39. The van der Waals surface area contributed by atoms with Gasteiger partial charge in [-0.15, -0.1) is 11.3 Å². The van der Waals surface area contributed by atoms with Crippen LogP contribution in [0, 0.1) is 0 Å². The van der Waals surface area contributed by atoms with Crippen LogP contribution in [-0.4, -0.2) is 17.0 Å². The zero-order valence-corrected chi connectivity index (χ0v) is 13.1. The normalized spacial score (nSPS) is 10.6. The lowest BCUT2D eigenvalue weighted by molar-refractivity contribution is -0.116. The molecule has 2 N–H and O–H groups in total. The summed E-state index contributed by atoms with van der Waals surface area (Å²) < 4.78 is 1.21. The van der Waals surface area contributed by atoms with Crippen LogP contribution in [0.3, 0.4) is 0 Å². The van der Waals surface area contributed by atoms with Crippen LogP contribution in [0.25, 0.3) is 10.1 Å². The molecule has 0 unspecified atom stereocenters. The fourth-order valence-electron chi connectivity index (χ4n) is 2.47. The first kappa shape index (κ1) is 15.2. The van der Waals surface area contributed by atoms with Crippen molar-refractivity contribution in [3.63, 3.8) is 0 Å². The maximum absolute atomic E-state index is 12.1. The summed E-state index contributed by atoms with van der Waals surface area (Å²) in [5, 5.41) is 15.1. The van der Waals surface area contributed by atoms with E-state index in [1.165, 1.54) is 16.2 Å². The number of nitrogens with one attached hydrogen (secondary N) is 1. The Bertz CT molecular complexity index is 869. The lowest BCUT2D eigenvalue weighted by Gasteiger charge is -2.08. The summed E-state index contributed by atoms with van der Waals surface area (Å²) >= 11 is 1.67. The molecule has 0 atom stereocenters. The fourth-order valence-corrected chi connectivity index (χ4v) is 3.46. The predicted octanol–water partition coefficient (Wildman–Crippen LogP) is 4.17. The maximum atomic E-state index is 12.1. The average Bonchev–Trinajstić information content (AvgIpc) is 2.96. The molecule has 23 heavy (non-hydrogen) atoms. The van der Waals surface area contributed by atoms with Crippen molar-refractivity contribution < 1.29 is 14.7 Å². The predicted molar refractivity (Wildman–Crippen MR) is 92.2 cm³/mol. The van der Waals surface area contributed by atoms with Crippen molar-refractivity contribution in [1.29, 1.82) is 0 Å². The number of benzene rings is 2. The number of carboxylic acid groups (broad SMARTS) is 1. The molecule has 5 heteroatoms. The van der Waals surface area contributed by atoms with Crippen molar-refractivity contribution in [3.8, 4) is 0 Å². The molecule has 1 aromatic heterocycles. The van der Waals surface area contributed by atoms with E-state index in [2.05, 4.69) is 22.8 Å². The second kappa shape index (κ2) is 6.62. The van der Waals surface area contributed by atoms with Gasteiger partial charge in [0.25, 0.3) is 0 Å². The van der Waals surface area contributed by atoms with Crippen LogP contribution in [0.1, 0.15) is 22.3 Å². The third-order valence-corrected chi connectivity index (χ3v) is 4.63. The summed E-state index contributed by atoms with van der Waals surface area (Å²) in [6.07, 6.45) is 0.944. The smallest absolute Gasteiger partial charge is 0.337 e. The Labute approximate surface area is 137 Å². The Balaban J connectivity index is 1.68. The van der Waals surface area contributed by atoms with Gasteiger partial charge in [0.15, 0.2) is 0 Å². The van der Waals surface area contributed by atoms with Gasteiger partial charge < -0.3 is 10.4 Å². The Hall–Kier alpha value is -2.66. The molecule has 0 radical (unpaired) electrons. The van der Waals surface area contributed by atoms with Crippen LogP contribution in [0.2, 0.25) is 0 Å². The minimum atomic E-state index is -1.05. The number of hydrogen-bond acceptors (Lipinski definition) is 3. The molecule has 4 nitrogen and oxygen atoms in total. The van der Waals surface area contributed by atoms with Gasteiger partial charge in [0.05, 0.1) is 11.3 Å². The summed E-state index contributed by atoms with van der Waals surface area (Å²) in [6.45, 7) is 0. The number of carboxylic acids is 1. The van der Waals surface area contributed by atoms with Gasteiger partial charge in [-0.05, 0) is 40.9 Å². The van der Waals surface area contributed by atoms with Gasteiger partial charge in [0, 0.05) is 11.1 Å². The minimum Gasteiger partial charge on any atom is -0.478 e. The molecule has 0 aliphatic heterocycles. The molecule has 116 valence electrons. The lowest BCUT2D eigenvalue weighted by atomic mass is 10.1. The number of aromatic carboxylic acids is 1. The molecule has 0 aliphatic rings. The van der Waals surface area contributed by atoms with Crippen molar-refractivity contribution in [3.05, 3.63) is 65.0 Å². The van der Waals surface area contributed by atoms with Crippen LogP contribution in [0.15, 0.2) is 53.9 Å². The van der Waals surface area contributed by atoms with Crippen molar-refractivity contribution in [2.24, 2.45) is 0 Å². The van der Waals surface area contributed by atoms with Gasteiger partial charge in [-0.1, -0.05) is 30.3 Å². The highest BCUT2D eigenvalue weighted by Crippen LogP contribution is 2.26. The molecule has 3 rings (SSSR count). The van der Waals surface area contributed by atoms with Gasteiger partial charge in [0.1, 0.15) is 0 Å². The second-order valence-electron chi connectivity index (χ2n) is 5.16. The number of hydrogen-bond donors (Lipinski definition) is 2. The highest BCUT2D eigenvalue weighted by Gasteiger charge is 2.12. The molecule has 1 amide bonds. The zero-order valence-electron chi connectivity index (χ0n) is 12.3. The molecular formula is C18H15NO3S. The number of thiophene rings is 1. The van der Waals surface area contributed by atoms with E-state index in [1.54, 1.807) is 29.5 Å². The van der Waals surface area contributed by atoms with E-state index in [9.17, 15) is 9.59 Å². The molecule has 0 aliphatic carbocycles. The summed E-state index contributed by atoms with van der Waals surface area (Å²) in [4.78, 5) is 23.3. The molecule has 0 saturated carbocycles. The van der Waals surface area contributed by atoms with Crippen molar-refractivity contribution in [2.45, 2.75) is 12.8 Å². The number of para-hydroxylation sites is 1. The van der Waals surface area contributed by atoms with Crippen molar-refractivity contribution >= 4 is 39.0 Å². The summed E-state index contributed by atoms with van der Waals surface area (Å²) in [6, 6.07) is 14.5. The minimum absolute atomic E-state index is 0.0989. The third-order valence-electron chi connectivity index (χ3n) is 3.61. The van der Waals surface area contributed by atoms with Gasteiger partial charge in [-0.25, -0.2) is 4.79 Å². The van der Waals surface area contributed by atoms with Crippen molar-refractivity contribution in [1.82, 2.24) is 0 Å². The first-order chi connectivity index (χ1) is 11.1. The molecule has 0 saturated heterocycles. The van der Waals surface area contributed by atoms with Crippen LogP contribution < -0.4 is 5.32 Å². The van der Waals surface area contributed by atoms with Crippen LogP contribution in [0.5, 0.6) is 0 Å². The number of rotatable bonds is 5. The zero-order chi connectivity index (χ0) is 16.2. The summed E-state index contributed by atoms with van der Waals surface area (Å²) in [5.41, 5.74) is 1.58. The molecular weight excluding hydrogens is 310 g/mol. The number of amides is 1. The third kappa shape index (κ3) is 3.40. The first-order valence-corrected chi connectivity index (χ1v) is 8.10. The highest BCUT2D eigenvalue weighted by atomic mass is 32.1. The Morgan fingerprint density at radius 2 is 1.78 bits per heavy atom. The largest absolute Gasteiger partial charge is 0.478 e. The molecule has 0 bridgehead atoms. The number of anilines is 1. The summed E-state index contributed by atoms with van der Waals surface area (Å²) in [7, 11) is 0. The number of aryl methyl sites for hydroxylation is 1. The van der Waals surface area contributed by atoms with E-state index in [-0.39, 0.29) is 11.5 Å². The Morgan fingerprint density at radius 1 is 1.04 bits per heavy atom. The van der Waals surface area contributed by atoms with E-state index >= 15 is 0 Å². The topological polar surface area (TPSA) is 66.4 Å². The quantitative estimate of drug-likeness (QED) is 0.740. The molecule has 2 aromatic carbocycles. The van der Waals surface area contributed by atoms with Crippen LogP contribution in [0.4, 0.5) is 5.69 Å². The average molecular weight is 325 g/mol. The van der Waals surface area contributed by atoms with Gasteiger partial charge in [-0.3, -0.25) is 4.79 Å². The maximum Gasteiger partial charge on any atom is 0.337 e. The number of carbonyl (C=O) groups is 2. The van der Waals surface area contributed by atoms with E-state index in [0.717, 1.165) is 5.56 Å². The summed E-state index contributed by atoms with van der Waals surface area (Å²) in [5.74, 6) is -1.24. The second-order valence-corrected chi connectivity index (χ2v) is 6.07. The monoisotopic (exact) mass is 325 g/mol. The van der Waals surface area contributed by atoms with E-state index in [4.69, 9.17) is 5.11 Å². The van der Waals surface area contributed by atoms with Gasteiger partial charge in [-0.2, -0.15) is 0 Å². The Morgan fingerprint density at radius 3 is 2.61 bits per heavy atom. The van der Waals surface area contributed by atoms with E-state index in [1.807, 2.05) is 12.1 Å². The lowest BCUT2D eigenvalue weighted by Crippen LogP contribution is -2.15. The van der Waals surface area contributed by atoms with Crippen molar-refractivity contribution in [2.75, 3.05) is 5.32 Å². The SMILES string of the molecule is O=C(CCc1csc2ccccc12)Nc1ccccc1C(=O)O. The number of fused-ring (bicyclic) bond motifs is 1. The van der Waals surface area contributed by atoms with E-state index in [0.29, 0.717) is 18.5 Å². The standard InChI is InChI=1S/C18H15NO3S/c20-17(19-15-7-3-1-6-14(15)18(21)22)10-9-12-11-23-16-8-4-2-5-13(12)16/h1-8,11H,9-10H2,(H,19,20)(H,21,22). The van der Waals surface area contributed by atoms with Gasteiger partial charge in [0.2, 0.25) is 5.91 Å². The van der Waals surface area contributed by atoms with E-state index < -0.39 is 5.97 Å². The van der Waals surface area contributed by atoms with Crippen LogP contribution >= 0.6 is 11.3 Å². The first-order valence-electron chi connectivity index (χ1n) is 7.22. The van der Waals surface area contributed by atoms with Gasteiger partial charge >= 0.3 is 5.97 Å². The molecule has 3 aromatic rings. The molecule has 1 heterocycles. The molecule has 0 fully saturated rings. The highest BCUT2D eigenvalue weighted by molar-refractivity contribution is 7.17. The molecule has 0 spiro atoms. The fraction of sp³-hybridized carbons (Fsp3) is 0.111. The number of carbonyl (C=O) groups excluding carboxylic acids is 1. The van der Waals surface area contributed by atoms with Crippen LogP contribution in [-0.2, 0) is 11.2 Å².